The zero-order chi connectivity index (χ0) is 11.6. The Kier molecular flexibility index (Phi) is 3.71. The van der Waals surface area contributed by atoms with E-state index in [1.165, 1.54) is 13.0 Å². The lowest BCUT2D eigenvalue weighted by molar-refractivity contribution is -0.114. The molecule has 0 aromatic heterocycles. The molecule has 1 rings (SSSR count). The molecule has 0 bridgehead atoms. The Labute approximate surface area is 99.4 Å². The van der Waals surface area contributed by atoms with E-state index in [9.17, 15) is 9.59 Å². The van der Waals surface area contributed by atoms with Gasteiger partial charge in [-0.3, -0.25) is 4.79 Å². The van der Waals surface area contributed by atoms with Crippen molar-refractivity contribution in [1.29, 1.82) is 0 Å². The van der Waals surface area contributed by atoms with Gasteiger partial charge in [-0.05, 0) is 28.1 Å². The summed E-state index contributed by atoms with van der Waals surface area (Å²) in [5.41, 5.74) is 0.0597. The van der Waals surface area contributed by atoms with Crippen molar-refractivity contribution in [1.82, 2.24) is 0 Å². The second-order valence-electron chi connectivity index (χ2n) is 2.77. The van der Waals surface area contributed by atoms with E-state index in [0.29, 0.717) is 4.47 Å². The minimum absolute atomic E-state index is 0.0637. The number of carboxylic acid groups (broad SMARTS) is 1. The molecule has 0 spiro atoms. The predicted molar refractivity (Wildman–Crippen MR) is 60.4 cm³/mol. The summed E-state index contributed by atoms with van der Waals surface area (Å²) in [5, 5.41) is 11.4. The van der Waals surface area contributed by atoms with Crippen LogP contribution in [0.25, 0.3) is 0 Å². The average molecular weight is 293 g/mol. The molecule has 0 radical (unpaired) electrons. The summed E-state index contributed by atoms with van der Waals surface area (Å²) in [6, 6.07) is 3.04. The van der Waals surface area contributed by atoms with E-state index in [1.807, 2.05) is 0 Å². The maximum absolute atomic E-state index is 10.9. The number of carbonyl (C=O) groups is 2. The number of rotatable bonds is 2. The van der Waals surface area contributed by atoms with Crippen LogP contribution >= 0.6 is 27.5 Å². The van der Waals surface area contributed by atoms with Crippen LogP contribution in [0.3, 0.4) is 0 Å². The number of anilines is 1. The fourth-order valence-electron chi connectivity index (χ4n) is 1.05. The van der Waals surface area contributed by atoms with E-state index in [-0.39, 0.29) is 22.2 Å². The molecule has 0 atom stereocenters. The van der Waals surface area contributed by atoms with Gasteiger partial charge in [-0.25, -0.2) is 4.79 Å². The number of hydrogen-bond acceptors (Lipinski definition) is 2. The van der Waals surface area contributed by atoms with Gasteiger partial charge in [0.05, 0.1) is 10.7 Å². The molecule has 2 N–H and O–H groups in total. The van der Waals surface area contributed by atoms with Crippen molar-refractivity contribution in [3.63, 3.8) is 0 Å². The minimum atomic E-state index is -1.19. The van der Waals surface area contributed by atoms with E-state index in [1.54, 1.807) is 6.07 Å². The largest absolute Gasteiger partial charge is 0.478 e. The van der Waals surface area contributed by atoms with Crippen molar-refractivity contribution >= 4 is 45.1 Å². The molecule has 0 saturated carbocycles. The third-order valence-corrected chi connectivity index (χ3v) is 2.90. The molecule has 0 saturated heterocycles. The third-order valence-electron chi connectivity index (χ3n) is 1.62. The van der Waals surface area contributed by atoms with Crippen LogP contribution in [0, 0.1) is 0 Å². The molecule has 0 aliphatic heterocycles. The number of benzene rings is 1. The number of nitrogens with one attached hydrogen (secondary N) is 1. The Morgan fingerprint density at radius 1 is 1.47 bits per heavy atom. The number of carboxylic acids is 1. The standard InChI is InChI=1S/C9H7BrClNO3/c1-4(13)12-6-3-2-5(10)8(11)7(6)9(14)15/h2-3H,1H3,(H,12,13)(H,14,15). The quantitative estimate of drug-likeness (QED) is 0.881. The lowest BCUT2D eigenvalue weighted by Crippen LogP contribution is -2.11. The van der Waals surface area contributed by atoms with Crippen molar-refractivity contribution in [3.05, 3.63) is 27.2 Å². The van der Waals surface area contributed by atoms with Crippen LogP contribution in [0.15, 0.2) is 16.6 Å². The van der Waals surface area contributed by atoms with Crippen molar-refractivity contribution in [2.24, 2.45) is 0 Å². The van der Waals surface area contributed by atoms with Gasteiger partial charge in [-0.2, -0.15) is 0 Å². The molecule has 80 valence electrons. The molecule has 1 aromatic rings. The van der Waals surface area contributed by atoms with Gasteiger partial charge in [-0.15, -0.1) is 0 Å². The fourth-order valence-corrected chi connectivity index (χ4v) is 1.63. The summed E-state index contributed by atoms with van der Waals surface area (Å²) in [5.74, 6) is -1.54. The monoisotopic (exact) mass is 291 g/mol. The Morgan fingerprint density at radius 3 is 2.53 bits per heavy atom. The SMILES string of the molecule is CC(=O)Nc1ccc(Br)c(Cl)c1C(=O)O. The Hall–Kier alpha value is -1.07. The summed E-state index contributed by atoms with van der Waals surface area (Å²) in [6.07, 6.45) is 0. The second-order valence-corrected chi connectivity index (χ2v) is 4.00. The van der Waals surface area contributed by atoms with E-state index in [0.717, 1.165) is 0 Å². The summed E-state index contributed by atoms with van der Waals surface area (Å²) >= 11 is 8.90. The highest BCUT2D eigenvalue weighted by molar-refractivity contribution is 9.10. The number of halogens is 2. The van der Waals surface area contributed by atoms with E-state index < -0.39 is 5.97 Å². The molecule has 1 amide bonds. The molecule has 0 fully saturated rings. The zero-order valence-corrected chi connectivity index (χ0v) is 10.0. The van der Waals surface area contributed by atoms with Crippen molar-refractivity contribution in [3.8, 4) is 0 Å². The highest BCUT2D eigenvalue weighted by atomic mass is 79.9. The summed E-state index contributed by atoms with van der Waals surface area (Å²) < 4.78 is 0.468. The topological polar surface area (TPSA) is 66.4 Å². The summed E-state index contributed by atoms with van der Waals surface area (Å²) in [6.45, 7) is 1.29. The molecule has 4 nitrogen and oxygen atoms in total. The fraction of sp³-hybridized carbons (Fsp3) is 0.111. The molecular weight excluding hydrogens is 285 g/mol. The first-order chi connectivity index (χ1) is 6.93. The Bertz CT molecular complexity index is 434. The van der Waals surface area contributed by atoms with Crippen molar-refractivity contribution in [2.45, 2.75) is 6.92 Å². The molecular formula is C9H7BrClNO3. The first kappa shape index (κ1) is 12.0. The second kappa shape index (κ2) is 4.63. The number of hydrogen-bond donors (Lipinski definition) is 2. The van der Waals surface area contributed by atoms with E-state index in [2.05, 4.69) is 21.2 Å². The van der Waals surface area contributed by atoms with Gasteiger partial charge in [0.15, 0.2) is 0 Å². The lowest BCUT2D eigenvalue weighted by Gasteiger charge is -2.09. The molecule has 0 heterocycles. The van der Waals surface area contributed by atoms with Crippen LogP contribution in [-0.2, 0) is 4.79 Å². The molecule has 15 heavy (non-hydrogen) atoms. The number of amides is 1. The highest BCUT2D eigenvalue weighted by Gasteiger charge is 2.17. The zero-order valence-electron chi connectivity index (χ0n) is 7.67. The predicted octanol–water partition coefficient (Wildman–Crippen LogP) is 2.76. The van der Waals surface area contributed by atoms with E-state index >= 15 is 0 Å². The smallest absolute Gasteiger partial charge is 0.339 e. The van der Waals surface area contributed by atoms with Crippen LogP contribution < -0.4 is 5.32 Å². The van der Waals surface area contributed by atoms with Gasteiger partial charge in [0.25, 0.3) is 0 Å². The number of carbonyl (C=O) groups excluding carboxylic acids is 1. The van der Waals surface area contributed by atoms with Crippen LogP contribution in [0.5, 0.6) is 0 Å². The van der Waals surface area contributed by atoms with E-state index in [4.69, 9.17) is 16.7 Å². The van der Waals surface area contributed by atoms with Crippen LogP contribution in [0.4, 0.5) is 5.69 Å². The summed E-state index contributed by atoms with van der Waals surface area (Å²) in [7, 11) is 0. The van der Waals surface area contributed by atoms with Crippen LogP contribution in [0.1, 0.15) is 17.3 Å². The maximum Gasteiger partial charge on any atom is 0.339 e. The molecule has 0 aliphatic carbocycles. The van der Waals surface area contributed by atoms with Gasteiger partial charge in [-0.1, -0.05) is 11.6 Å². The first-order valence-corrected chi connectivity index (χ1v) is 5.09. The molecule has 6 heteroatoms. The third kappa shape index (κ3) is 2.70. The summed E-state index contributed by atoms with van der Waals surface area (Å²) in [4.78, 5) is 21.7. The van der Waals surface area contributed by atoms with Gasteiger partial charge in [0.1, 0.15) is 5.56 Å². The first-order valence-electron chi connectivity index (χ1n) is 3.92. The minimum Gasteiger partial charge on any atom is -0.478 e. The number of aromatic carboxylic acids is 1. The van der Waals surface area contributed by atoms with Gasteiger partial charge in [0.2, 0.25) is 5.91 Å². The average Bonchev–Trinajstić information content (AvgIpc) is 2.10. The van der Waals surface area contributed by atoms with Gasteiger partial charge < -0.3 is 10.4 Å². The Morgan fingerprint density at radius 2 is 2.07 bits per heavy atom. The lowest BCUT2D eigenvalue weighted by atomic mass is 10.2. The maximum atomic E-state index is 10.9. The molecule has 0 aliphatic rings. The van der Waals surface area contributed by atoms with Crippen LogP contribution in [-0.4, -0.2) is 17.0 Å². The molecule has 1 aromatic carbocycles. The highest BCUT2D eigenvalue weighted by Crippen LogP contribution is 2.31. The van der Waals surface area contributed by atoms with Crippen LogP contribution in [0.2, 0.25) is 5.02 Å². The van der Waals surface area contributed by atoms with Crippen molar-refractivity contribution in [2.75, 3.05) is 5.32 Å². The van der Waals surface area contributed by atoms with Gasteiger partial charge >= 0.3 is 5.97 Å². The molecule has 0 unspecified atom stereocenters. The van der Waals surface area contributed by atoms with Crippen molar-refractivity contribution < 1.29 is 14.7 Å². The van der Waals surface area contributed by atoms with Gasteiger partial charge in [0, 0.05) is 11.4 Å². The Balaban J connectivity index is 3.33. The normalized spacial score (nSPS) is 9.80.